The maximum absolute atomic E-state index is 12.6. The molecule has 15 heavy (non-hydrogen) atoms. The molecule has 0 amide bonds. The topological polar surface area (TPSA) is 35.8 Å². The van der Waals surface area contributed by atoms with Crippen molar-refractivity contribution < 1.29 is 4.39 Å². The van der Waals surface area contributed by atoms with Gasteiger partial charge in [0.2, 0.25) is 0 Å². The van der Waals surface area contributed by atoms with E-state index in [1.165, 1.54) is 0 Å². The van der Waals surface area contributed by atoms with Gasteiger partial charge in [0.1, 0.15) is 6.67 Å². The van der Waals surface area contributed by atoms with Gasteiger partial charge < -0.3 is 5.32 Å². The van der Waals surface area contributed by atoms with Crippen molar-refractivity contribution in [1.29, 1.82) is 5.26 Å². The van der Waals surface area contributed by atoms with Gasteiger partial charge in [-0.25, -0.2) is 4.39 Å². The van der Waals surface area contributed by atoms with Crippen molar-refractivity contribution in [3.63, 3.8) is 0 Å². The van der Waals surface area contributed by atoms with Crippen LogP contribution in [0.15, 0.2) is 18.2 Å². The van der Waals surface area contributed by atoms with Gasteiger partial charge in [-0.1, -0.05) is 0 Å². The number of hydrogen-bond donors (Lipinski definition) is 1. The second-order valence-corrected chi connectivity index (χ2v) is 4.49. The number of rotatable bonds is 2. The molecule has 80 valence electrons. The normalized spacial score (nSPS) is 10.9. The molecular weight excluding hydrogens is 191 g/mol. The van der Waals surface area contributed by atoms with Gasteiger partial charge in [-0.05, 0) is 39.0 Å². The lowest BCUT2D eigenvalue weighted by Gasteiger charge is -2.22. The maximum atomic E-state index is 12.6. The molecule has 0 bridgehead atoms. The van der Waals surface area contributed by atoms with Gasteiger partial charge in [0, 0.05) is 16.8 Å². The Bertz CT molecular complexity index is 386. The molecule has 0 aromatic heterocycles. The number of alkyl halides is 1. The zero-order valence-corrected chi connectivity index (χ0v) is 9.26. The molecular formula is C12H15FN2. The van der Waals surface area contributed by atoms with Gasteiger partial charge in [0.25, 0.3) is 0 Å². The fourth-order valence-corrected chi connectivity index (χ4v) is 1.32. The van der Waals surface area contributed by atoms with Crippen LogP contribution in [-0.2, 0) is 6.67 Å². The fraction of sp³-hybridized carbons (Fsp3) is 0.417. The highest BCUT2D eigenvalue weighted by molar-refractivity contribution is 5.52. The summed E-state index contributed by atoms with van der Waals surface area (Å²) in [5, 5.41) is 12.0. The minimum atomic E-state index is -0.609. The summed E-state index contributed by atoms with van der Waals surface area (Å²) >= 11 is 0. The summed E-state index contributed by atoms with van der Waals surface area (Å²) in [5.74, 6) is 0. The zero-order chi connectivity index (χ0) is 11.5. The zero-order valence-electron chi connectivity index (χ0n) is 9.26. The van der Waals surface area contributed by atoms with Crippen molar-refractivity contribution in [2.24, 2.45) is 0 Å². The Morgan fingerprint density at radius 1 is 1.40 bits per heavy atom. The molecule has 0 spiro atoms. The second kappa shape index (κ2) is 4.31. The molecule has 2 nitrogen and oxygen atoms in total. The van der Waals surface area contributed by atoms with Gasteiger partial charge in [0.15, 0.2) is 0 Å². The van der Waals surface area contributed by atoms with E-state index >= 15 is 0 Å². The molecule has 0 saturated heterocycles. The van der Waals surface area contributed by atoms with E-state index in [1.54, 1.807) is 18.2 Å². The Morgan fingerprint density at radius 3 is 2.53 bits per heavy atom. The molecule has 0 heterocycles. The summed E-state index contributed by atoms with van der Waals surface area (Å²) in [6.07, 6.45) is 0. The van der Waals surface area contributed by atoms with Crippen LogP contribution in [0.2, 0.25) is 0 Å². The summed E-state index contributed by atoms with van der Waals surface area (Å²) in [6.45, 7) is 5.48. The first-order valence-corrected chi connectivity index (χ1v) is 4.83. The molecule has 3 heteroatoms. The lowest BCUT2D eigenvalue weighted by molar-refractivity contribution is 0.484. The quantitative estimate of drug-likeness (QED) is 0.806. The van der Waals surface area contributed by atoms with E-state index in [-0.39, 0.29) is 5.54 Å². The van der Waals surface area contributed by atoms with Crippen LogP contribution >= 0.6 is 0 Å². The van der Waals surface area contributed by atoms with Crippen LogP contribution in [0.5, 0.6) is 0 Å². The van der Waals surface area contributed by atoms with E-state index in [1.807, 2.05) is 26.8 Å². The van der Waals surface area contributed by atoms with Crippen LogP contribution in [0.1, 0.15) is 31.9 Å². The first kappa shape index (κ1) is 11.5. The smallest absolute Gasteiger partial charge is 0.116 e. The highest BCUT2D eigenvalue weighted by Crippen LogP contribution is 2.19. The predicted molar refractivity (Wildman–Crippen MR) is 59.3 cm³/mol. The van der Waals surface area contributed by atoms with Crippen molar-refractivity contribution in [2.45, 2.75) is 33.0 Å². The fourth-order valence-electron chi connectivity index (χ4n) is 1.32. The molecule has 0 aliphatic carbocycles. The van der Waals surface area contributed by atoms with Crippen molar-refractivity contribution in [1.82, 2.24) is 0 Å². The van der Waals surface area contributed by atoms with E-state index in [0.29, 0.717) is 11.1 Å². The monoisotopic (exact) mass is 206 g/mol. The summed E-state index contributed by atoms with van der Waals surface area (Å²) in [5.41, 5.74) is 1.61. The number of benzene rings is 1. The third-order valence-electron chi connectivity index (χ3n) is 1.89. The Morgan fingerprint density at radius 2 is 2.07 bits per heavy atom. The predicted octanol–water partition coefficient (Wildman–Crippen LogP) is 3.24. The minimum Gasteiger partial charge on any atom is -0.380 e. The molecule has 1 rings (SSSR count). The maximum Gasteiger partial charge on any atom is 0.116 e. The summed E-state index contributed by atoms with van der Waals surface area (Å²) in [6, 6.07) is 7.09. The largest absolute Gasteiger partial charge is 0.380 e. The van der Waals surface area contributed by atoms with Crippen LogP contribution in [-0.4, -0.2) is 5.54 Å². The van der Waals surface area contributed by atoms with Gasteiger partial charge >= 0.3 is 0 Å². The molecule has 0 aliphatic heterocycles. The molecule has 1 aromatic carbocycles. The lowest BCUT2D eigenvalue weighted by atomic mass is 10.1. The highest BCUT2D eigenvalue weighted by Gasteiger charge is 2.10. The average Bonchev–Trinajstić information content (AvgIpc) is 2.15. The SMILES string of the molecule is CC(C)(C)Nc1ccc(C#N)c(CF)c1. The van der Waals surface area contributed by atoms with Gasteiger partial charge in [0.05, 0.1) is 11.6 Å². The van der Waals surface area contributed by atoms with Crippen molar-refractivity contribution >= 4 is 5.69 Å². The molecule has 0 saturated carbocycles. The number of nitrogens with zero attached hydrogens (tertiary/aromatic N) is 1. The lowest BCUT2D eigenvalue weighted by Crippen LogP contribution is -2.26. The van der Waals surface area contributed by atoms with Gasteiger partial charge in [-0.2, -0.15) is 5.26 Å². The van der Waals surface area contributed by atoms with Crippen LogP contribution in [0.25, 0.3) is 0 Å². The second-order valence-electron chi connectivity index (χ2n) is 4.49. The van der Waals surface area contributed by atoms with Crippen molar-refractivity contribution in [3.05, 3.63) is 29.3 Å². The number of nitrogens with one attached hydrogen (secondary N) is 1. The van der Waals surface area contributed by atoms with Gasteiger partial charge in [-0.15, -0.1) is 0 Å². The molecule has 0 radical (unpaired) electrons. The first-order chi connectivity index (χ1) is 6.96. The van der Waals surface area contributed by atoms with Crippen LogP contribution in [0, 0.1) is 11.3 Å². The number of hydrogen-bond acceptors (Lipinski definition) is 2. The van der Waals surface area contributed by atoms with E-state index in [9.17, 15) is 4.39 Å². The summed E-state index contributed by atoms with van der Waals surface area (Å²) < 4.78 is 12.6. The summed E-state index contributed by atoms with van der Waals surface area (Å²) in [7, 11) is 0. The first-order valence-electron chi connectivity index (χ1n) is 4.83. The molecule has 0 unspecified atom stereocenters. The molecule has 0 atom stereocenters. The van der Waals surface area contributed by atoms with Crippen molar-refractivity contribution in [2.75, 3.05) is 5.32 Å². The van der Waals surface area contributed by atoms with Crippen molar-refractivity contribution in [3.8, 4) is 6.07 Å². The van der Waals surface area contributed by atoms with Crippen LogP contribution in [0.3, 0.4) is 0 Å². The Kier molecular flexibility index (Phi) is 3.31. The Hall–Kier alpha value is -1.56. The minimum absolute atomic E-state index is 0.0677. The average molecular weight is 206 g/mol. The number of nitriles is 1. The van der Waals surface area contributed by atoms with E-state index < -0.39 is 6.67 Å². The summed E-state index contributed by atoms with van der Waals surface area (Å²) in [4.78, 5) is 0. The number of anilines is 1. The Balaban J connectivity index is 3.00. The standard InChI is InChI=1S/C12H15FN2/c1-12(2,3)15-11-5-4-9(8-14)10(6-11)7-13/h4-6,15H,7H2,1-3H3. The third kappa shape index (κ3) is 3.25. The van der Waals surface area contributed by atoms with E-state index in [2.05, 4.69) is 5.32 Å². The van der Waals surface area contributed by atoms with Crippen LogP contribution in [0.4, 0.5) is 10.1 Å². The van der Waals surface area contributed by atoms with Crippen LogP contribution < -0.4 is 5.32 Å². The number of halogens is 1. The molecule has 1 N–H and O–H groups in total. The molecule has 0 fully saturated rings. The van der Waals surface area contributed by atoms with E-state index in [4.69, 9.17) is 5.26 Å². The third-order valence-corrected chi connectivity index (χ3v) is 1.89. The van der Waals surface area contributed by atoms with Gasteiger partial charge in [-0.3, -0.25) is 0 Å². The molecule has 0 aliphatic rings. The molecule has 1 aromatic rings. The Labute approximate surface area is 89.7 Å². The van der Waals surface area contributed by atoms with E-state index in [0.717, 1.165) is 5.69 Å². The highest BCUT2D eigenvalue weighted by atomic mass is 19.1.